The fourth-order valence-corrected chi connectivity index (χ4v) is 4.46. The topological polar surface area (TPSA) is 151 Å². The maximum Gasteiger partial charge on any atom is 0.265 e. The lowest BCUT2D eigenvalue weighted by atomic mass is 10.1. The van der Waals surface area contributed by atoms with Gasteiger partial charge in [-0.2, -0.15) is 0 Å². The van der Waals surface area contributed by atoms with Gasteiger partial charge in [-0.25, -0.2) is 13.4 Å². The molecule has 188 valence electrons. The Morgan fingerprint density at radius 2 is 1.75 bits per heavy atom. The molecule has 36 heavy (non-hydrogen) atoms. The standard InChI is InChI=1S/C26H27N3O6S/c1-3-7-22(35-20-9-6-8-18(16-20)24(27)29-26(31)32)25(30)28-19-14-12-17(13-15-19)21-10-4-5-11-23(21)36(2,33)34/h4-6,8-16,22H,3,7H2,1-2H3,(H2,27,29)(H,28,30)(H,31,32)/p-1. The highest BCUT2D eigenvalue weighted by Gasteiger charge is 2.20. The summed E-state index contributed by atoms with van der Waals surface area (Å²) in [6.45, 7) is 1.92. The minimum atomic E-state index is -3.41. The van der Waals surface area contributed by atoms with Crippen LogP contribution >= 0.6 is 0 Å². The van der Waals surface area contributed by atoms with Gasteiger partial charge in [-0.1, -0.05) is 55.8 Å². The number of hydrogen-bond acceptors (Lipinski definition) is 6. The molecule has 0 bridgehead atoms. The molecular formula is C26H26N3O6S-. The molecule has 10 heteroatoms. The molecule has 0 radical (unpaired) electrons. The van der Waals surface area contributed by atoms with Crippen molar-refractivity contribution in [2.24, 2.45) is 10.7 Å². The van der Waals surface area contributed by atoms with Gasteiger partial charge in [0.1, 0.15) is 11.6 Å². The average Bonchev–Trinajstić information content (AvgIpc) is 2.83. The first-order valence-corrected chi connectivity index (χ1v) is 13.0. The molecule has 3 aromatic carbocycles. The minimum Gasteiger partial charge on any atom is -0.528 e. The van der Waals surface area contributed by atoms with E-state index in [1.807, 2.05) is 6.92 Å². The predicted molar refractivity (Wildman–Crippen MR) is 136 cm³/mol. The van der Waals surface area contributed by atoms with Crippen LogP contribution in [0.3, 0.4) is 0 Å². The van der Waals surface area contributed by atoms with Gasteiger partial charge >= 0.3 is 0 Å². The number of carbonyl (C=O) groups is 2. The molecular weight excluding hydrogens is 482 g/mol. The number of anilines is 1. The Balaban J connectivity index is 1.76. The van der Waals surface area contributed by atoms with Gasteiger partial charge in [-0.15, -0.1) is 0 Å². The largest absolute Gasteiger partial charge is 0.528 e. The van der Waals surface area contributed by atoms with E-state index in [1.54, 1.807) is 66.7 Å². The van der Waals surface area contributed by atoms with Crippen molar-refractivity contribution in [1.29, 1.82) is 0 Å². The van der Waals surface area contributed by atoms with Crippen LogP contribution < -0.4 is 20.9 Å². The molecule has 0 aliphatic carbocycles. The number of aliphatic imine (C=N–C) groups is 1. The lowest BCUT2D eigenvalue weighted by Crippen LogP contribution is -2.33. The maximum atomic E-state index is 13.0. The molecule has 2 amide bonds. The molecule has 1 unspecified atom stereocenters. The smallest absolute Gasteiger partial charge is 0.265 e. The van der Waals surface area contributed by atoms with Gasteiger partial charge in [0, 0.05) is 23.1 Å². The lowest BCUT2D eigenvalue weighted by molar-refractivity contribution is -0.245. The van der Waals surface area contributed by atoms with Crippen LogP contribution in [-0.4, -0.2) is 38.6 Å². The van der Waals surface area contributed by atoms with Gasteiger partial charge in [0.05, 0.1) is 4.90 Å². The zero-order valence-corrected chi connectivity index (χ0v) is 20.6. The third-order valence-electron chi connectivity index (χ3n) is 5.21. The summed E-state index contributed by atoms with van der Waals surface area (Å²) in [7, 11) is -3.41. The van der Waals surface area contributed by atoms with Crippen LogP contribution in [-0.2, 0) is 14.6 Å². The fraction of sp³-hybridized carbons (Fsp3) is 0.192. The van der Waals surface area contributed by atoms with Crippen molar-refractivity contribution in [2.45, 2.75) is 30.8 Å². The molecule has 0 aliphatic rings. The third-order valence-corrected chi connectivity index (χ3v) is 6.37. The first kappa shape index (κ1) is 26.4. The van der Waals surface area contributed by atoms with Crippen LogP contribution in [0.5, 0.6) is 5.75 Å². The van der Waals surface area contributed by atoms with Gasteiger partial charge in [-0.05, 0) is 42.3 Å². The predicted octanol–water partition coefficient (Wildman–Crippen LogP) is 2.99. The Labute approximate surface area is 209 Å². The molecule has 0 fully saturated rings. The first-order chi connectivity index (χ1) is 17.1. The number of nitrogens with two attached hydrogens (primary N) is 1. The van der Waals surface area contributed by atoms with E-state index in [2.05, 4.69) is 10.3 Å². The van der Waals surface area contributed by atoms with Crippen molar-refractivity contribution >= 4 is 33.4 Å². The second-order valence-corrected chi connectivity index (χ2v) is 10.0. The number of ether oxygens (including phenoxy) is 1. The summed E-state index contributed by atoms with van der Waals surface area (Å²) in [6.07, 6.45) is -0.219. The van der Waals surface area contributed by atoms with Crippen LogP contribution in [0.2, 0.25) is 0 Å². The molecule has 0 heterocycles. The van der Waals surface area contributed by atoms with E-state index < -0.39 is 22.0 Å². The van der Waals surface area contributed by atoms with Crippen molar-refractivity contribution in [1.82, 2.24) is 0 Å². The van der Waals surface area contributed by atoms with Gasteiger partial charge in [0.2, 0.25) is 0 Å². The number of amides is 2. The lowest BCUT2D eigenvalue weighted by Gasteiger charge is -2.19. The van der Waals surface area contributed by atoms with Crippen LogP contribution in [0.4, 0.5) is 10.5 Å². The number of hydrogen-bond donors (Lipinski definition) is 2. The highest BCUT2D eigenvalue weighted by Crippen LogP contribution is 2.28. The normalized spacial score (nSPS) is 12.6. The summed E-state index contributed by atoms with van der Waals surface area (Å²) in [5, 5.41) is 13.5. The van der Waals surface area contributed by atoms with E-state index in [1.165, 1.54) is 6.07 Å². The fourth-order valence-electron chi connectivity index (χ4n) is 3.55. The highest BCUT2D eigenvalue weighted by molar-refractivity contribution is 7.90. The SMILES string of the molecule is CCCC(Oc1cccc(/C(N)=N\C(=O)[O-])c1)C(=O)Nc1ccc(-c2ccccc2S(C)(=O)=O)cc1. The van der Waals surface area contributed by atoms with Gasteiger partial charge in [-0.3, -0.25) is 4.79 Å². The molecule has 0 aliphatic heterocycles. The summed E-state index contributed by atoms with van der Waals surface area (Å²) >= 11 is 0. The number of nitrogens with one attached hydrogen (secondary N) is 1. The number of rotatable bonds is 9. The van der Waals surface area contributed by atoms with Gasteiger partial charge < -0.3 is 25.7 Å². The van der Waals surface area contributed by atoms with Crippen LogP contribution in [0.1, 0.15) is 25.3 Å². The Morgan fingerprint density at radius 1 is 1.06 bits per heavy atom. The molecule has 0 saturated carbocycles. The first-order valence-electron chi connectivity index (χ1n) is 11.1. The number of nitrogens with zero attached hydrogens (tertiary/aromatic N) is 1. The monoisotopic (exact) mass is 508 g/mol. The van der Waals surface area contributed by atoms with Crippen LogP contribution in [0, 0.1) is 0 Å². The molecule has 0 saturated heterocycles. The summed E-state index contributed by atoms with van der Waals surface area (Å²) in [6, 6.07) is 19.8. The van der Waals surface area contributed by atoms with E-state index in [0.29, 0.717) is 41.0 Å². The van der Waals surface area contributed by atoms with Crippen molar-refractivity contribution in [3.63, 3.8) is 0 Å². The van der Waals surface area contributed by atoms with Crippen molar-refractivity contribution in [2.75, 3.05) is 11.6 Å². The zero-order chi connectivity index (χ0) is 26.3. The van der Waals surface area contributed by atoms with Crippen molar-refractivity contribution in [3.05, 3.63) is 78.4 Å². The Bertz CT molecular complexity index is 1380. The Kier molecular flexibility index (Phi) is 8.44. The molecule has 0 spiro atoms. The van der Waals surface area contributed by atoms with Gasteiger partial charge in [0.25, 0.3) is 5.91 Å². The van der Waals surface area contributed by atoms with Gasteiger partial charge in [0.15, 0.2) is 22.0 Å². The highest BCUT2D eigenvalue weighted by atomic mass is 32.2. The molecule has 1 atom stereocenters. The third kappa shape index (κ3) is 6.92. The second-order valence-electron chi connectivity index (χ2n) is 8.02. The van der Waals surface area contributed by atoms with E-state index in [0.717, 1.165) is 6.26 Å². The average molecular weight is 509 g/mol. The summed E-state index contributed by atoms with van der Waals surface area (Å²) in [5.41, 5.74) is 7.77. The summed E-state index contributed by atoms with van der Waals surface area (Å²) in [5.74, 6) is -0.289. The van der Waals surface area contributed by atoms with E-state index >= 15 is 0 Å². The van der Waals surface area contributed by atoms with Crippen LogP contribution in [0.15, 0.2) is 82.7 Å². The van der Waals surface area contributed by atoms with E-state index in [4.69, 9.17) is 10.5 Å². The number of carboxylic acid groups (broad SMARTS) is 1. The van der Waals surface area contributed by atoms with Crippen LogP contribution in [0.25, 0.3) is 11.1 Å². The van der Waals surface area contributed by atoms with E-state index in [9.17, 15) is 23.1 Å². The number of sulfone groups is 1. The minimum absolute atomic E-state index is 0.228. The zero-order valence-electron chi connectivity index (χ0n) is 19.8. The second kappa shape index (κ2) is 11.5. The van der Waals surface area contributed by atoms with E-state index in [-0.39, 0.29) is 16.6 Å². The number of carbonyl (C=O) groups excluding carboxylic acids is 2. The molecule has 9 nitrogen and oxygen atoms in total. The molecule has 3 rings (SSSR count). The maximum absolute atomic E-state index is 13.0. The number of amidine groups is 1. The van der Waals surface area contributed by atoms with Crippen molar-refractivity contribution < 1.29 is 27.9 Å². The molecule has 3 aromatic rings. The van der Waals surface area contributed by atoms with Crippen molar-refractivity contribution in [3.8, 4) is 16.9 Å². The number of benzene rings is 3. The molecule has 0 aromatic heterocycles. The molecule has 3 N–H and O–H groups in total. The Hall–Kier alpha value is -4.18. The summed E-state index contributed by atoms with van der Waals surface area (Å²) in [4.78, 5) is 27.0. The summed E-state index contributed by atoms with van der Waals surface area (Å²) < 4.78 is 30.1. The quantitative estimate of drug-likeness (QED) is 0.333. The Morgan fingerprint density at radius 3 is 2.39 bits per heavy atom.